The first kappa shape index (κ1) is 12.7. The van der Waals surface area contributed by atoms with Crippen LogP contribution >= 0.6 is 0 Å². The fraction of sp³-hybridized carbons (Fsp3) is 0.462. The van der Waals surface area contributed by atoms with E-state index in [4.69, 9.17) is 9.47 Å². The molecule has 0 radical (unpaired) electrons. The zero-order valence-corrected chi connectivity index (χ0v) is 10.7. The molecular weight excluding hydrogens is 232 g/mol. The third-order valence-electron chi connectivity index (χ3n) is 2.88. The van der Waals surface area contributed by atoms with Gasteiger partial charge < -0.3 is 20.1 Å². The Balaban J connectivity index is 1.87. The highest BCUT2D eigenvalue weighted by atomic mass is 16.7. The van der Waals surface area contributed by atoms with Gasteiger partial charge in [0.1, 0.15) is 0 Å². The average molecular weight is 250 g/mol. The first-order valence-corrected chi connectivity index (χ1v) is 6.12. The molecule has 2 N–H and O–H groups in total. The topological polar surface area (TPSA) is 59.6 Å². The van der Waals surface area contributed by atoms with Gasteiger partial charge in [0.15, 0.2) is 11.5 Å². The summed E-state index contributed by atoms with van der Waals surface area (Å²) in [5.74, 6) is 1.32. The van der Waals surface area contributed by atoms with Gasteiger partial charge in [-0.15, -0.1) is 0 Å². The molecule has 0 saturated heterocycles. The number of rotatable bonds is 5. The first-order chi connectivity index (χ1) is 8.69. The number of hydrogen-bond acceptors (Lipinski definition) is 4. The zero-order chi connectivity index (χ0) is 13.0. The summed E-state index contributed by atoms with van der Waals surface area (Å²) in [6.07, 6.45) is 0.997. The van der Waals surface area contributed by atoms with Crippen LogP contribution in [0.5, 0.6) is 11.5 Å². The van der Waals surface area contributed by atoms with Gasteiger partial charge in [-0.2, -0.15) is 0 Å². The lowest BCUT2D eigenvalue weighted by Crippen LogP contribution is -2.33. The molecule has 1 aromatic rings. The third kappa shape index (κ3) is 3.13. The van der Waals surface area contributed by atoms with Crippen molar-refractivity contribution in [3.63, 3.8) is 0 Å². The zero-order valence-electron chi connectivity index (χ0n) is 10.7. The number of carbonyl (C=O) groups excluding carboxylic acids is 1. The molecule has 0 saturated carbocycles. The number of carbonyl (C=O) groups is 1. The van der Waals surface area contributed by atoms with Gasteiger partial charge in [0.25, 0.3) is 0 Å². The van der Waals surface area contributed by atoms with Crippen LogP contribution in [-0.4, -0.2) is 25.3 Å². The molecule has 1 atom stereocenters. The van der Waals surface area contributed by atoms with Crippen molar-refractivity contribution in [1.82, 2.24) is 5.32 Å². The fourth-order valence-electron chi connectivity index (χ4n) is 1.59. The molecule has 0 aromatic heterocycles. The normalized spacial score (nSPS) is 14.3. The van der Waals surface area contributed by atoms with Crippen LogP contribution in [0, 0.1) is 0 Å². The summed E-state index contributed by atoms with van der Waals surface area (Å²) >= 11 is 0. The molecule has 5 heteroatoms. The minimum absolute atomic E-state index is 0.0610. The van der Waals surface area contributed by atoms with Crippen LogP contribution in [0.15, 0.2) is 18.2 Å². The standard InChI is InChI=1S/C13H18N2O3/c1-3-9(2)14-7-13(16)15-10-4-5-11-12(6-10)18-8-17-11/h4-6,9,14H,3,7-8H2,1-2H3,(H,15,16). The van der Waals surface area contributed by atoms with Crippen LogP contribution in [0.1, 0.15) is 20.3 Å². The SMILES string of the molecule is CCC(C)NCC(=O)Nc1ccc2c(c1)OCO2. The Bertz CT molecular complexity index is 434. The molecular formula is C13H18N2O3. The molecule has 0 fully saturated rings. The summed E-state index contributed by atoms with van der Waals surface area (Å²) in [5, 5.41) is 5.95. The highest BCUT2D eigenvalue weighted by Crippen LogP contribution is 2.34. The largest absolute Gasteiger partial charge is 0.454 e. The Labute approximate surface area is 106 Å². The second-order valence-corrected chi connectivity index (χ2v) is 4.31. The molecule has 2 rings (SSSR count). The summed E-state index contributed by atoms with van der Waals surface area (Å²) in [6.45, 7) is 4.67. The molecule has 5 nitrogen and oxygen atoms in total. The van der Waals surface area contributed by atoms with Crippen molar-refractivity contribution in [3.8, 4) is 11.5 Å². The second-order valence-electron chi connectivity index (χ2n) is 4.31. The molecule has 98 valence electrons. The predicted octanol–water partition coefficient (Wildman–Crippen LogP) is 1.74. The summed E-state index contributed by atoms with van der Waals surface area (Å²) in [4.78, 5) is 11.7. The van der Waals surface area contributed by atoms with Gasteiger partial charge in [0.05, 0.1) is 6.54 Å². The summed E-state index contributed by atoms with van der Waals surface area (Å²) in [6, 6.07) is 5.70. The Kier molecular flexibility index (Phi) is 4.04. The van der Waals surface area contributed by atoms with E-state index < -0.39 is 0 Å². The lowest BCUT2D eigenvalue weighted by atomic mass is 10.2. The Hall–Kier alpha value is -1.75. The number of fused-ring (bicyclic) bond motifs is 1. The molecule has 1 unspecified atom stereocenters. The Morgan fingerprint density at radius 2 is 2.17 bits per heavy atom. The van der Waals surface area contributed by atoms with E-state index in [1.807, 2.05) is 6.92 Å². The van der Waals surface area contributed by atoms with Gasteiger partial charge in [-0.1, -0.05) is 6.92 Å². The van der Waals surface area contributed by atoms with Crippen LogP contribution in [0.2, 0.25) is 0 Å². The van der Waals surface area contributed by atoms with Crippen LogP contribution in [0.4, 0.5) is 5.69 Å². The minimum Gasteiger partial charge on any atom is -0.454 e. The molecule has 0 aliphatic carbocycles. The quantitative estimate of drug-likeness (QED) is 0.835. The van der Waals surface area contributed by atoms with E-state index in [1.54, 1.807) is 18.2 Å². The van der Waals surface area contributed by atoms with Crippen molar-refractivity contribution >= 4 is 11.6 Å². The monoisotopic (exact) mass is 250 g/mol. The van der Waals surface area contributed by atoms with Gasteiger partial charge in [0, 0.05) is 17.8 Å². The van der Waals surface area contributed by atoms with Gasteiger partial charge in [-0.05, 0) is 25.5 Å². The molecule has 0 spiro atoms. The number of amides is 1. The molecule has 1 heterocycles. The molecule has 1 aromatic carbocycles. The van der Waals surface area contributed by atoms with E-state index in [0.29, 0.717) is 24.1 Å². The van der Waals surface area contributed by atoms with Crippen LogP contribution < -0.4 is 20.1 Å². The van der Waals surface area contributed by atoms with E-state index in [0.717, 1.165) is 12.1 Å². The Morgan fingerprint density at radius 3 is 2.94 bits per heavy atom. The van der Waals surface area contributed by atoms with E-state index in [2.05, 4.69) is 17.6 Å². The van der Waals surface area contributed by atoms with Gasteiger partial charge in [-0.3, -0.25) is 4.79 Å². The number of nitrogens with one attached hydrogen (secondary N) is 2. The molecule has 1 aliphatic heterocycles. The van der Waals surface area contributed by atoms with E-state index in [9.17, 15) is 4.79 Å². The number of hydrogen-bond donors (Lipinski definition) is 2. The van der Waals surface area contributed by atoms with Gasteiger partial charge in [0.2, 0.25) is 12.7 Å². The summed E-state index contributed by atoms with van der Waals surface area (Å²) in [7, 11) is 0. The lowest BCUT2D eigenvalue weighted by molar-refractivity contribution is -0.115. The summed E-state index contributed by atoms with van der Waals surface area (Å²) < 4.78 is 10.5. The predicted molar refractivity (Wildman–Crippen MR) is 69.0 cm³/mol. The maximum atomic E-state index is 11.7. The van der Waals surface area contributed by atoms with Crippen LogP contribution in [-0.2, 0) is 4.79 Å². The molecule has 1 amide bonds. The molecule has 0 bridgehead atoms. The smallest absolute Gasteiger partial charge is 0.238 e. The van der Waals surface area contributed by atoms with Gasteiger partial charge in [-0.25, -0.2) is 0 Å². The maximum absolute atomic E-state index is 11.7. The average Bonchev–Trinajstić information content (AvgIpc) is 2.83. The number of benzene rings is 1. The van der Waals surface area contributed by atoms with E-state index in [-0.39, 0.29) is 12.7 Å². The fourth-order valence-corrected chi connectivity index (χ4v) is 1.59. The number of anilines is 1. The molecule has 18 heavy (non-hydrogen) atoms. The van der Waals surface area contributed by atoms with Crippen LogP contribution in [0.25, 0.3) is 0 Å². The van der Waals surface area contributed by atoms with E-state index in [1.165, 1.54) is 0 Å². The second kappa shape index (κ2) is 5.73. The van der Waals surface area contributed by atoms with E-state index >= 15 is 0 Å². The summed E-state index contributed by atoms with van der Waals surface area (Å²) in [5.41, 5.74) is 0.718. The molecule has 1 aliphatic rings. The van der Waals surface area contributed by atoms with Crippen molar-refractivity contribution in [2.45, 2.75) is 26.3 Å². The first-order valence-electron chi connectivity index (χ1n) is 6.12. The van der Waals surface area contributed by atoms with Crippen molar-refractivity contribution in [2.75, 3.05) is 18.7 Å². The van der Waals surface area contributed by atoms with Crippen molar-refractivity contribution in [1.29, 1.82) is 0 Å². The van der Waals surface area contributed by atoms with Gasteiger partial charge >= 0.3 is 0 Å². The van der Waals surface area contributed by atoms with Crippen molar-refractivity contribution in [2.24, 2.45) is 0 Å². The third-order valence-corrected chi connectivity index (χ3v) is 2.88. The van der Waals surface area contributed by atoms with Crippen molar-refractivity contribution < 1.29 is 14.3 Å². The highest BCUT2D eigenvalue weighted by molar-refractivity contribution is 5.92. The number of ether oxygens (including phenoxy) is 2. The minimum atomic E-state index is -0.0610. The Morgan fingerprint density at radius 1 is 1.39 bits per heavy atom. The highest BCUT2D eigenvalue weighted by Gasteiger charge is 2.14. The lowest BCUT2D eigenvalue weighted by Gasteiger charge is -2.11. The maximum Gasteiger partial charge on any atom is 0.238 e. The van der Waals surface area contributed by atoms with Crippen molar-refractivity contribution in [3.05, 3.63) is 18.2 Å². The van der Waals surface area contributed by atoms with Crippen LogP contribution in [0.3, 0.4) is 0 Å².